The molecule has 2 aliphatic rings. The smallest absolute Gasteiger partial charge is 0.340 e. The Bertz CT molecular complexity index is 832. The van der Waals surface area contributed by atoms with Gasteiger partial charge in [-0.15, -0.1) is 0 Å². The fourth-order valence-electron chi connectivity index (χ4n) is 3.84. The van der Waals surface area contributed by atoms with Gasteiger partial charge in [0.05, 0.1) is 23.2 Å². The van der Waals surface area contributed by atoms with Gasteiger partial charge in [-0.1, -0.05) is 19.3 Å². The van der Waals surface area contributed by atoms with Crippen LogP contribution < -0.4 is 0 Å². The summed E-state index contributed by atoms with van der Waals surface area (Å²) in [5.74, 6) is -0.759. The van der Waals surface area contributed by atoms with E-state index in [0.29, 0.717) is 11.3 Å². The Morgan fingerprint density at radius 2 is 1.85 bits per heavy atom. The average Bonchev–Trinajstić information content (AvgIpc) is 2.92. The van der Waals surface area contributed by atoms with Crippen molar-refractivity contribution in [1.29, 1.82) is 0 Å². The van der Waals surface area contributed by atoms with Crippen LogP contribution in [0.2, 0.25) is 0 Å². The van der Waals surface area contributed by atoms with Crippen molar-refractivity contribution in [3.8, 4) is 0 Å². The maximum Gasteiger partial charge on any atom is 0.340 e. The number of nitrogens with zero attached hydrogens (tertiary/aromatic N) is 2. The second-order valence-electron chi connectivity index (χ2n) is 6.83. The van der Waals surface area contributed by atoms with E-state index in [1.807, 2.05) is 0 Å². The Kier molecular flexibility index (Phi) is 5.39. The molecule has 0 spiro atoms. The summed E-state index contributed by atoms with van der Waals surface area (Å²) in [5.41, 5.74) is 1.75. The zero-order valence-corrected chi connectivity index (χ0v) is 15.4. The number of carbonyl (C=O) groups is 2. The van der Waals surface area contributed by atoms with Crippen LogP contribution in [0.3, 0.4) is 0 Å². The minimum atomic E-state index is -0.549. The summed E-state index contributed by atoms with van der Waals surface area (Å²) >= 11 is 0. The van der Waals surface area contributed by atoms with E-state index < -0.39 is 10.9 Å². The van der Waals surface area contributed by atoms with Gasteiger partial charge >= 0.3 is 5.97 Å². The van der Waals surface area contributed by atoms with Crippen LogP contribution in [-0.4, -0.2) is 34.9 Å². The van der Waals surface area contributed by atoms with Gasteiger partial charge < -0.3 is 9.64 Å². The van der Waals surface area contributed by atoms with Gasteiger partial charge in [0.1, 0.15) is 0 Å². The first-order valence-corrected chi connectivity index (χ1v) is 9.03. The van der Waals surface area contributed by atoms with Gasteiger partial charge in [0.2, 0.25) is 0 Å². The minimum Gasteiger partial charge on any atom is -0.465 e. The molecular formula is C20H22N2O5. The number of rotatable bonds is 4. The summed E-state index contributed by atoms with van der Waals surface area (Å²) in [5, 5.41) is 10.8. The lowest BCUT2D eigenvalue weighted by atomic mass is 9.94. The maximum absolute atomic E-state index is 13.1. The van der Waals surface area contributed by atoms with Crippen molar-refractivity contribution in [2.45, 2.75) is 45.1 Å². The average molecular weight is 370 g/mol. The topological polar surface area (TPSA) is 89.8 Å². The van der Waals surface area contributed by atoms with E-state index in [1.165, 1.54) is 19.2 Å². The molecule has 0 atom stereocenters. The van der Waals surface area contributed by atoms with Gasteiger partial charge in [-0.2, -0.15) is 0 Å². The summed E-state index contributed by atoms with van der Waals surface area (Å²) in [6.45, 7) is 1.77. The van der Waals surface area contributed by atoms with E-state index in [1.54, 1.807) is 30.0 Å². The zero-order valence-electron chi connectivity index (χ0n) is 15.4. The summed E-state index contributed by atoms with van der Waals surface area (Å²) in [7, 11) is 1.29. The van der Waals surface area contributed by atoms with E-state index >= 15 is 0 Å². The van der Waals surface area contributed by atoms with Crippen molar-refractivity contribution in [2.24, 2.45) is 0 Å². The summed E-state index contributed by atoms with van der Waals surface area (Å²) in [6, 6.07) is 5.96. The lowest BCUT2D eigenvalue weighted by molar-refractivity contribution is -0.384. The van der Waals surface area contributed by atoms with Gasteiger partial charge in [-0.05, 0) is 43.5 Å². The highest BCUT2D eigenvalue weighted by atomic mass is 16.6. The normalized spacial score (nSPS) is 19.7. The number of amides is 1. The van der Waals surface area contributed by atoms with Crippen LogP contribution >= 0.6 is 0 Å². The van der Waals surface area contributed by atoms with E-state index in [2.05, 4.69) is 0 Å². The molecular weight excluding hydrogens is 348 g/mol. The molecule has 7 nitrogen and oxygen atoms in total. The van der Waals surface area contributed by atoms with Gasteiger partial charge in [0.15, 0.2) is 0 Å². The van der Waals surface area contributed by atoms with Crippen molar-refractivity contribution >= 4 is 23.6 Å². The molecule has 0 unspecified atom stereocenters. The number of carbonyl (C=O) groups excluding carboxylic acids is 2. The Labute approximate surface area is 157 Å². The van der Waals surface area contributed by atoms with Gasteiger partial charge in [-0.25, -0.2) is 4.79 Å². The third kappa shape index (κ3) is 3.63. The third-order valence-corrected chi connectivity index (χ3v) is 5.19. The molecule has 0 radical (unpaired) electrons. The van der Waals surface area contributed by atoms with Crippen molar-refractivity contribution in [3.05, 3.63) is 56.8 Å². The molecule has 3 rings (SSSR count). The number of benzene rings is 1. The Morgan fingerprint density at radius 3 is 2.41 bits per heavy atom. The number of hydrogen-bond acceptors (Lipinski definition) is 5. The Morgan fingerprint density at radius 1 is 1.22 bits per heavy atom. The first-order chi connectivity index (χ1) is 12.9. The quantitative estimate of drug-likeness (QED) is 0.350. The molecule has 1 aliphatic carbocycles. The number of hydrogen-bond donors (Lipinski definition) is 0. The molecule has 1 saturated carbocycles. The molecule has 1 heterocycles. The second-order valence-corrected chi connectivity index (χ2v) is 6.83. The number of ether oxygens (including phenoxy) is 1. The van der Waals surface area contributed by atoms with Crippen molar-refractivity contribution in [2.75, 3.05) is 7.11 Å². The molecule has 1 amide bonds. The largest absolute Gasteiger partial charge is 0.465 e. The summed E-state index contributed by atoms with van der Waals surface area (Å²) in [4.78, 5) is 37.5. The molecule has 1 aliphatic heterocycles. The SMILES string of the molecule is COC(=O)C1=C(C)N(C2CCCCC2)C(=O)/C1=C\c1ccc([N+](=O)[O-])cc1. The van der Waals surface area contributed by atoms with Gasteiger partial charge in [-0.3, -0.25) is 14.9 Å². The van der Waals surface area contributed by atoms with Crippen LogP contribution in [0, 0.1) is 10.1 Å². The van der Waals surface area contributed by atoms with Gasteiger partial charge in [0, 0.05) is 23.9 Å². The van der Waals surface area contributed by atoms with Crippen LogP contribution in [-0.2, 0) is 14.3 Å². The monoisotopic (exact) mass is 370 g/mol. The van der Waals surface area contributed by atoms with E-state index in [0.717, 1.165) is 32.1 Å². The third-order valence-electron chi connectivity index (χ3n) is 5.19. The molecule has 0 saturated heterocycles. The number of nitro benzene ring substituents is 1. The van der Waals surface area contributed by atoms with E-state index in [4.69, 9.17) is 4.74 Å². The van der Waals surface area contributed by atoms with E-state index in [-0.39, 0.29) is 28.8 Å². The first kappa shape index (κ1) is 18.8. The van der Waals surface area contributed by atoms with Crippen LogP contribution in [0.5, 0.6) is 0 Å². The molecule has 0 N–H and O–H groups in total. The van der Waals surface area contributed by atoms with Crippen LogP contribution in [0.1, 0.15) is 44.6 Å². The minimum absolute atomic E-state index is 0.0290. The first-order valence-electron chi connectivity index (χ1n) is 9.03. The number of nitro groups is 1. The van der Waals surface area contributed by atoms with Gasteiger partial charge in [0.25, 0.3) is 11.6 Å². The molecule has 1 aromatic carbocycles. The van der Waals surface area contributed by atoms with Crippen LogP contribution in [0.25, 0.3) is 6.08 Å². The van der Waals surface area contributed by atoms with E-state index in [9.17, 15) is 19.7 Å². The van der Waals surface area contributed by atoms with Crippen molar-refractivity contribution in [1.82, 2.24) is 4.90 Å². The fraction of sp³-hybridized carbons (Fsp3) is 0.400. The number of allylic oxidation sites excluding steroid dienone is 1. The lowest BCUT2D eigenvalue weighted by Gasteiger charge is -2.32. The highest BCUT2D eigenvalue weighted by Gasteiger charge is 2.40. The standard InChI is InChI=1S/C20H22N2O5/c1-13-18(20(24)27-2)17(12-14-8-10-16(11-9-14)22(25)26)19(23)21(13)15-6-4-3-5-7-15/h8-12,15H,3-7H2,1-2H3/b17-12-. The number of non-ortho nitro benzene ring substituents is 1. The second kappa shape index (κ2) is 7.73. The highest BCUT2D eigenvalue weighted by Crippen LogP contribution is 2.36. The maximum atomic E-state index is 13.1. The van der Waals surface area contributed by atoms with Crippen LogP contribution in [0.15, 0.2) is 41.1 Å². The predicted molar refractivity (Wildman–Crippen MR) is 99.5 cm³/mol. The summed E-state index contributed by atoms with van der Waals surface area (Å²) < 4.78 is 4.90. The molecule has 7 heteroatoms. The molecule has 1 aromatic rings. The van der Waals surface area contributed by atoms with Crippen LogP contribution in [0.4, 0.5) is 5.69 Å². The Balaban J connectivity index is 2.00. The predicted octanol–water partition coefficient (Wildman–Crippen LogP) is 3.60. The zero-order chi connectivity index (χ0) is 19.6. The lowest BCUT2D eigenvalue weighted by Crippen LogP contribution is -2.37. The van der Waals surface area contributed by atoms with Crippen molar-refractivity contribution in [3.63, 3.8) is 0 Å². The molecule has 0 bridgehead atoms. The molecule has 1 fully saturated rings. The molecule has 142 valence electrons. The number of esters is 1. The fourth-order valence-corrected chi connectivity index (χ4v) is 3.84. The number of methoxy groups -OCH3 is 1. The van der Waals surface area contributed by atoms with Crippen molar-refractivity contribution < 1.29 is 19.2 Å². The Hall–Kier alpha value is -2.96. The molecule has 0 aromatic heterocycles. The summed E-state index contributed by atoms with van der Waals surface area (Å²) in [6.07, 6.45) is 6.74. The molecule has 27 heavy (non-hydrogen) atoms. The highest BCUT2D eigenvalue weighted by molar-refractivity contribution is 6.16.